The molecule has 34 heavy (non-hydrogen) atoms. The molecule has 178 valence electrons. The van der Waals surface area contributed by atoms with Gasteiger partial charge in [0.05, 0.1) is 14.2 Å². The first kappa shape index (κ1) is 26.5. The standard InChI is InChI=1S/C28H28N2O2.2H2O/c1-17-15-23(21-7-11-29-12-8-21)27(31-5)25(19(17)3)26-20(4)18(2)16-24(28(26)32-6)22-9-13-30-14-10-22;;/h7-16H,1-6H3;2*1H2. The van der Waals surface area contributed by atoms with Crippen molar-refractivity contribution in [3.63, 3.8) is 0 Å². The van der Waals surface area contributed by atoms with Crippen LogP contribution in [0, 0.1) is 27.7 Å². The molecule has 2 heterocycles. The molecular formula is C28H32N2O4. The van der Waals surface area contributed by atoms with E-state index >= 15 is 0 Å². The molecule has 4 aromatic rings. The Morgan fingerprint density at radius 2 is 0.882 bits per heavy atom. The van der Waals surface area contributed by atoms with Crippen molar-refractivity contribution >= 4 is 0 Å². The number of rotatable bonds is 5. The lowest BCUT2D eigenvalue weighted by Gasteiger charge is -2.24. The number of aryl methyl sites for hydroxylation is 2. The predicted octanol–water partition coefficient (Wildman–Crippen LogP) is 5.08. The van der Waals surface area contributed by atoms with Gasteiger partial charge in [-0.15, -0.1) is 0 Å². The average Bonchev–Trinajstić information content (AvgIpc) is 2.83. The fraction of sp³-hybridized carbons (Fsp3) is 0.214. The lowest BCUT2D eigenvalue weighted by atomic mass is 9.85. The number of methoxy groups -OCH3 is 2. The van der Waals surface area contributed by atoms with Crippen molar-refractivity contribution < 1.29 is 20.4 Å². The van der Waals surface area contributed by atoms with Crippen LogP contribution in [-0.2, 0) is 0 Å². The van der Waals surface area contributed by atoms with Crippen molar-refractivity contribution in [2.24, 2.45) is 0 Å². The maximum atomic E-state index is 6.08. The van der Waals surface area contributed by atoms with E-state index in [2.05, 4.69) is 49.8 Å². The summed E-state index contributed by atoms with van der Waals surface area (Å²) in [5.74, 6) is 1.68. The van der Waals surface area contributed by atoms with Crippen LogP contribution in [-0.4, -0.2) is 35.1 Å². The molecule has 4 rings (SSSR count). The number of aromatic nitrogens is 2. The summed E-state index contributed by atoms with van der Waals surface area (Å²) in [6.45, 7) is 8.59. The van der Waals surface area contributed by atoms with Crippen molar-refractivity contribution in [1.29, 1.82) is 0 Å². The van der Waals surface area contributed by atoms with Gasteiger partial charge in [-0.05, 0) is 97.5 Å². The highest BCUT2D eigenvalue weighted by molar-refractivity contribution is 5.93. The molecular weight excluding hydrogens is 428 g/mol. The van der Waals surface area contributed by atoms with Crippen LogP contribution < -0.4 is 9.47 Å². The van der Waals surface area contributed by atoms with Crippen LogP contribution >= 0.6 is 0 Å². The van der Waals surface area contributed by atoms with Crippen LogP contribution in [0.3, 0.4) is 0 Å². The minimum Gasteiger partial charge on any atom is -0.495 e. The molecule has 4 N–H and O–H groups in total. The lowest BCUT2D eigenvalue weighted by Crippen LogP contribution is -2.03. The van der Waals surface area contributed by atoms with Crippen LogP contribution in [0.5, 0.6) is 11.5 Å². The molecule has 0 aliphatic carbocycles. The van der Waals surface area contributed by atoms with Crippen LogP contribution in [0.4, 0.5) is 0 Å². The van der Waals surface area contributed by atoms with Crippen molar-refractivity contribution in [3.8, 4) is 44.9 Å². The van der Waals surface area contributed by atoms with Crippen molar-refractivity contribution in [2.75, 3.05) is 14.2 Å². The molecule has 0 spiro atoms. The second-order valence-corrected chi connectivity index (χ2v) is 8.02. The molecule has 0 atom stereocenters. The fourth-order valence-electron chi connectivity index (χ4n) is 4.30. The number of nitrogens with zero attached hydrogens (tertiary/aromatic N) is 2. The molecule has 2 aromatic heterocycles. The Morgan fingerprint density at radius 3 is 1.18 bits per heavy atom. The van der Waals surface area contributed by atoms with Gasteiger partial charge in [-0.25, -0.2) is 0 Å². The summed E-state index contributed by atoms with van der Waals surface area (Å²) >= 11 is 0. The molecule has 0 bridgehead atoms. The van der Waals surface area contributed by atoms with E-state index in [1.807, 2.05) is 49.1 Å². The van der Waals surface area contributed by atoms with Gasteiger partial charge in [-0.1, -0.05) is 0 Å². The molecule has 0 aliphatic heterocycles. The van der Waals surface area contributed by atoms with Gasteiger partial charge >= 0.3 is 0 Å². The molecule has 0 amide bonds. The highest BCUT2D eigenvalue weighted by Gasteiger charge is 2.25. The number of hydrogen-bond acceptors (Lipinski definition) is 4. The van der Waals surface area contributed by atoms with E-state index in [9.17, 15) is 0 Å². The molecule has 0 fully saturated rings. The van der Waals surface area contributed by atoms with Crippen LogP contribution in [0.1, 0.15) is 22.3 Å². The third kappa shape index (κ3) is 4.51. The molecule has 0 radical (unpaired) electrons. The van der Waals surface area contributed by atoms with E-state index in [-0.39, 0.29) is 11.0 Å². The number of hydrogen-bond donors (Lipinski definition) is 0. The zero-order valence-corrected chi connectivity index (χ0v) is 20.5. The Bertz CT molecular complexity index is 1170. The zero-order chi connectivity index (χ0) is 22.8. The summed E-state index contributed by atoms with van der Waals surface area (Å²) in [6, 6.07) is 12.4. The first-order valence-electron chi connectivity index (χ1n) is 10.7. The van der Waals surface area contributed by atoms with E-state index in [0.717, 1.165) is 44.9 Å². The van der Waals surface area contributed by atoms with Crippen LogP contribution in [0.2, 0.25) is 0 Å². The number of benzene rings is 2. The lowest BCUT2D eigenvalue weighted by molar-refractivity contribution is 0.411. The Morgan fingerprint density at radius 1 is 0.559 bits per heavy atom. The third-order valence-corrected chi connectivity index (χ3v) is 6.24. The molecule has 0 saturated heterocycles. The SMILES string of the molecule is COc1c(-c2ccncc2)cc(C)c(C)c1-c1c(C)c(C)cc(-c2ccncc2)c1OC.O.O. The maximum absolute atomic E-state index is 6.08. The summed E-state index contributed by atoms with van der Waals surface area (Å²) < 4.78 is 12.2. The quantitative estimate of drug-likeness (QED) is 0.414. The second kappa shape index (κ2) is 10.9. The van der Waals surface area contributed by atoms with Gasteiger partial charge in [0.15, 0.2) is 0 Å². The highest BCUT2D eigenvalue weighted by Crippen LogP contribution is 2.50. The Kier molecular flexibility index (Phi) is 8.51. The van der Waals surface area contributed by atoms with E-state index in [4.69, 9.17) is 9.47 Å². The summed E-state index contributed by atoms with van der Waals surface area (Å²) in [6.07, 6.45) is 7.24. The molecule has 0 saturated carbocycles. The van der Waals surface area contributed by atoms with E-state index < -0.39 is 0 Å². The van der Waals surface area contributed by atoms with Gasteiger partial charge in [0.2, 0.25) is 0 Å². The smallest absolute Gasteiger partial charge is 0.134 e. The average molecular weight is 461 g/mol. The van der Waals surface area contributed by atoms with Gasteiger partial charge in [-0.3, -0.25) is 9.97 Å². The first-order valence-corrected chi connectivity index (χ1v) is 10.7. The van der Waals surface area contributed by atoms with Crippen LogP contribution in [0.15, 0.2) is 61.2 Å². The van der Waals surface area contributed by atoms with E-state index in [0.29, 0.717) is 0 Å². The fourth-order valence-corrected chi connectivity index (χ4v) is 4.30. The summed E-state index contributed by atoms with van der Waals surface area (Å²) in [7, 11) is 3.47. The van der Waals surface area contributed by atoms with Crippen molar-refractivity contribution in [3.05, 3.63) is 83.4 Å². The highest BCUT2D eigenvalue weighted by atomic mass is 16.5. The summed E-state index contributed by atoms with van der Waals surface area (Å²) in [5, 5.41) is 0. The first-order chi connectivity index (χ1) is 15.5. The Hall–Kier alpha value is -3.74. The maximum Gasteiger partial charge on any atom is 0.134 e. The van der Waals surface area contributed by atoms with Crippen LogP contribution in [0.25, 0.3) is 33.4 Å². The van der Waals surface area contributed by atoms with E-state index in [1.54, 1.807) is 14.2 Å². The van der Waals surface area contributed by atoms with Crippen molar-refractivity contribution in [2.45, 2.75) is 27.7 Å². The topological polar surface area (TPSA) is 107 Å². The largest absolute Gasteiger partial charge is 0.495 e. The summed E-state index contributed by atoms with van der Waals surface area (Å²) in [4.78, 5) is 8.36. The predicted molar refractivity (Wildman–Crippen MR) is 138 cm³/mol. The molecule has 6 heteroatoms. The minimum absolute atomic E-state index is 0. The molecule has 6 nitrogen and oxygen atoms in total. The van der Waals surface area contributed by atoms with E-state index in [1.165, 1.54) is 22.3 Å². The summed E-state index contributed by atoms with van der Waals surface area (Å²) in [5.41, 5.74) is 11.1. The molecule has 0 unspecified atom stereocenters. The third-order valence-electron chi connectivity index (χ3n) is 6.24. The zero-order valence-electron chi connectivity index (χ0n) is 20.5. The second-order valence-electron chi connectivity index (χ2n) is 8.02. The minimum atomic E-state index is 0. The number of pyridine rings is 2. The van der Waals surface area contributed by atoms with Gasteiger partial charge in [0.1, 0.15) is 11.5 Å². The Balaban J connectivity index is 0.00000204. The molecule has 2 aromatic carbocycles. The monoisotopic (exact) mass is 460 g/mol. The molecule has 0 aliphatic rings. The number of ether oxygens (including phenoxy) is 2. The Labute approximate surface area is 200 Å². The van der Waals surface area contributed by atoms with Gasteiger partial charge in [-0.2, -0.15) is 0 Å². The van der Waals surface area contributed by atoms with Gasteiger partial charge in [0.25, 0.3) is 0 Å². The van der Waals surface area contributed by atoms with Gasteiger partial charge < -0.3 is 20.4 Å². The normalized spacial score (nSPS) is 10.2. The van der Waals surface area contributed by atoms with Crippen molar-refractivity contribution in [1.82, 2.24) is 9.97 Å². The van der Waals surface area contributed by atoms with Gasteiger partial charge in [0, 0.05) is 47.0 Å².